The summed E-state index contributed by atoms with van der Waals surface area (Å²) in [7, 11) is 0. The van der Waals surface area contributed by atoms with E-state index in [9.17, 15) is 0 Å². The molecule has 4 nitrogen and oxygen atoms in total. The van der Waals surface area contributed by atoms with Crippen molar-refractivity contribution in [3.63, 3.8) is 0 Å². The van der Waals surface area contributed by atoms with Gasteiger partial charge in [0.2, 0.25) is 0 Å². The van der Waals surface area contributed by atoms with E-state index in [4.69, 9.17) is 19.4 Å². The largest absolute Gasteiger partial charge is 0.455 e. The van der Waals surface area contributed by atoms with Crippen LogP contribution < -0.4 is 0 Å². The van der Waals surface area contributed by atoms with Gasteiger partial charge in [0.15, 0.2) is 17.5 Å². The Morgan fingerprint density at radius 1 is 0.333 bits per heavy atom. The quantitative estimate of drug-likeness (QED) is 0.169. The Morgan fingerprint density at radius 2 is 0.817 bits per heavy atom. The van der Waals surface area contributed by atoms with Crippen molar-refractivity contribution in [2.75, 3.05) is 0 Å². The van der Waals surface area contributed by atoms with E-state index in [-0.39, 0.29) is 0 Å². The molecule has 60 heavy (non-hydrogen) atoms. The van der Waals surface area contributed by atoms with Gasteiger partial charge >= 0.3 is 0 Å². The standard InChI is InChI=1S/C56H35N3O/c1-3-13-38(14-4-1)54-57-55(39-15-5-2-6-16-39)59-56(58-54)40-31-27-36(28-32-40)35-25-29-37(30-26-35)48-34-50-52-46(23-12-24-51(52)60-53(50)47-20-10-9-19-45(47)48)44-22-11-21-43-42-18-8-7-17-41(42)33-49(43)44/h1-32,34H,33H2. The number of aromatic nitrogens is 3. The second-order valence-corrected chi connectivity index (χ2v) is 15.5. The first-order valence-corrected chi connectivity index (χ1v) is 20.4. The highest BCUT2D eigenvalue weighted by molar-refractivity contribution is 6.22. The molecule has 0 saturated heterocycles. The van der Waals surface area contributed by atoms with E-state index in [1.54, 1.807) is 0 Å². The van der Waals surface area contributed by atoms with Crippen molar-refractivity contribution in [3.8, 4) is 78.7 Å². The molecule has 1 aliphatic carbocycles. The van der Waals surface area contributed by atoms with Gasteiger partial charge in [0.1, 0.15) is 11.2 Å². The SMILES string of the molecule is c1ccc(-c2nc(-c3ccccc3)nc(-c3ccc(-c4ccc(-c5cc6c(oc7cccc(-c8cccc9c8Cc8ccccc8-9)c76)c6ccccc56)cc4)cc3)n2)cc1. The van der Waals surface area contributed by atoms with Crippen LogP contribution in [0.4, 0.5) is 0 Å². The number of rotatable bonds is 6. The maximum atomic E-state index is 6.76. The molecule has 9 aromatic carbocycles. The van der Waals surface area contributed by atoms with Crippen LogP contribution in [0, 0.1) is 0 Å². The molecule has 0 amide bonds. The summed E-state index contributed by atoms with van der Waals surface area (Å²) in [6, 6.07) is 70.6. The zero-order chi connectivity index (χ0) is 39.6. The highest BCUT2D eigenvalue weighted by atomic mass is 16.3. The molecule has 0 saturated carbocycles. The van der Waals surface area contributed by atoms with Crippen LogP contribution in [-0.4, -0.2) is 15.0 Å². The molecule has 0 fully saturated rings. The van der Waals surface area contributed by atoms with E-state index in [1.165, 1.54) is 44.3 Å². The molecule has 0 bridgehead atoms. The molecule has 1 aliphatic rings. The van der Waals surface area contributed by atoms with Gasteiger partial charge in [0.25, 0.3) is 0 Å². The van der Waals surface area contributed by atoms with Gasteiger partial charge in [0, 0.05) is 32.8 Å². The Bertz CT molecular complexity index is 3370. The second-order valence-electron chi connectivity index (χ2n) is 15.5. The third kappa shape index (κ3) is 5.65. The first kappa shape index (κ1) is 34.1. The zero-order valence-electron chi connectivity index (χ0n) is 32.5. The van der Waals surface area contributed by atoms with Gasteiger partial charge in [-0.25, -0.2) is 15.0 Å². The number of hydrogen-bond acceptors (Lipinski definition) is 4. The molecular formula is C56H35N3O. The summed E-state index contributed by atoms with van der Waals surface area (Å²) in [6.07, 6.45) is 0.930. The van der Waals surface area contributed by atoms with Crippen LogP contribution >= 0.6 is 0 Å². The topological polar surface area (TPSA) is 51.8 Å². The minimum atomic E-state index is 0.642. The van der Waals surface area contributed by atoms with Gasteiger partial charge in [-0.2, -0.15) is 0 Å². The van der Waals surface area contributed by atoms with Crippen LogP contribution in [0.15, 0.2) is 205 Å². The lowest BCUT2D eigenvalue weighted by Crippen LogP contribution is -2.00. The summed E-state index contributed by atoms with van der Waals surface area (Å²) in [4.78, 5) is 14.7. The number of nitrogens with zero attached hydrogens (tertiary/aromatic N) is 3. The summed E-state index contributed by atoms with van der Waals surface area (Å²) in [5, 5.41) is 4.57. The van der Waals surface area contributed by atoms with Crippen molar-refractivity contribution in [1.29, 1.82) is 0 Å². The Labute approximate surface area is 347 Å². The van der Waals surface area contributed by atoms with Crippen LogP contribution in [0.3, 0.4) is 0 Å². The van der Waals surface area contributed by atoms with Crippen molar-refractivity contribution in [2.45, 2.75) is 6.42 Å². The minimum absolute atomic E-state index is 0.642. The average Bonchev–Trinajstić information content (AvgIpc) is 3.91. The maximum Gasteiger partial charge on any atom is 0.164 e. The van der Waals surface area contributed by atoms with Crippen molar-refractivity contribution in [3.05, 3.63) is 211 Å². The monoisotopic (exact) mass is 765 g/mol. The minimum Gasteiger partial charge on any atom is -0.455 e. The third-order valence-electron chi connectivity index (χ3n) is 12.0. The fraction of sp³-hybridized carbons (Fsp3) is 0.0179. The van der Waals surface area contributed by atoms with E-state index in [0.717, 1.165) is 67.1 Å². The van der Waals surface area contributed by atoms with Gasteiger partial charge in [-0.1, -0.05) is 188 Å². The average molecular weight is 766 g/mol. The van der Waals surface area contributed by atoms with Crippen LogP contribution in [0.1, 0.15) is 11.1 Å². The first-order valence-electron chi connectivity index (χ1n) is 20.4. The van der Waals surface area contributed by atoms with Gasteiger partial charge in [0.05, 0.1) is 0 Å². The predicted octanol–water partition coefficient (Wildman–Crippen LogP) is 14.5. The van der Waals surface area contributed by atoms with Crippen LogP contribution in [0.5, 0.6) is 0 Å². The molecule has 2 aromatic heterocycles. The molecule has 4 heteroatoms. The Hall–Kier alpha value is -7.95. The summed E-state index contributed by atoms with van der Waals surface area (Å²) in [5.41, 5.74) is 17.2. The van der Waals surface area contributed by atoms with Crippen LogP contribution in [0.25, 0.3) is 111 Å². The molecule has 11 aromatic rings. The molecule has 0 N–H and O–H groups in total. The van der Waals surface area contributed by atoms with E-state index in [1.807, 2.05) is 60.7 Å². The van der Waals surface area contributed by atoms with Crippen molar-refractivity contribution < 1.29 is 4.42 Å². The summed E-state index contributed by atoms with van der Waals surface area (Å²) < 4.78 is 6.76. The molecule has 0 unspecified atom stereocenters. The van der Waals surface area contributed by atoms with Crippen LogP contribution in [-0.2, 0) is 6.42 Å². The van der Waals surface area contributed by atoms with Crippen molar-refractivity contribution in [1.82, 2.24) is 15.0 Å². The van der Waals surface area contributed by atoms with Crippen LogP contribution in [0.2, 0.25) is 0 Å². The van der Waals surface area contributed by atoms with E-state index < -0.39 is 0 Å². The lowest BCUT2D eigenvalue weighted by Gasteiger charge is -2.12. The molecule has 12 rings (SSSR count). The second kappa shape index (κ2) is 13.9. The Balaban J connectivity index is 0.923. The number of fused-ring (bicyclic) bond motifs is 8. The maximum absolute atomic E-state index is 6.76. The van der Waals surface area contributed by atoms with Gasteiger partial charge < -0.3 is 4.42 Å². The fourth-order valence-corrected chi connectivity index (χ4v) is 9.11. The normalized spacial score (nSPS) is 11.9. The predicted molar refractivity (Wildman–Crippen MR) is 245 cm³/mol. The van der Waals surface area contributed by atoms with Gasteiger partial charge in [-0.3, -0.25) is 0 Å². The van der Waals surface area contributed by atoms with E-state index in [2.05, 4.69) is 140 Å². The van der Waals surface area contributed by atoms with Crippen molar-refractivity contribution >= 4 is 32.7 Å². The molecular weight excluding hydrogens is 731 g/mol. The molecule has 280 valence electrons. The zero-order valence-corrected chi connectivity index (χ0v) is 32.5. The summed E-state index contributed by atoms with van der Waals surface area (Å²) in [5.74, 6) is 1.95. The lowest BCUT2D eigenvalue weighted by molar-refractivity contribution is 0.673. The van der Waals surface area contributed by atoms with E-state index >= 15 is 0 Å². The number of benzene rings is 9. The van der Waals surface area contributed by atoms with Gasteiger partial charge in [-0.05, 0) is 79.6 Å². The summed E-state index contributed by atoms with van der Waals surface area (Å²) >= 11 is 0. The van der Waals surface area contributed by atoms with Crippen molar-refractivity contribution in [2.24, 2.45) is 0 Å². The molecule has 0 aliphatic heterocycles. The first-order chi connectivity index (χ1) is 29.7. The summed E-state index contributed by atoms with van der Waals surface area (Å²) in [6.45, 7) is 0. The molecule has 0 spiro atoms. The highest BCUT2D eigenvalue weighted by Gasteiger charge is 2.24. The fourth-order valence-electron chi connectivity index (χ4n) is 9.11. The third-order valence-corrected chi connectivity index (χ3v) is 12.0. The Morgan fingerprint density at radius 3 is 1.48 bits per heavy atom. The lowest BCUT2D eigenvalue weighted by atomic mass is 9.90. The van der Waals surface area contributed by atoms with E-state index in [0.29, 0.717) is 17.5 Å². The van der Waals surface area contributed by atoms with Gasteiger partial charge in [-0.15, -0.1) is 0 Å². The molecule has 2 heterocycles. The Kier molecular flexibility index (Phi) is 7.88. The molecule has 0 radical (unpaired) electrons. The molecule has 0 atom stereocenters. The highest BCUT2D eigenvalue weighted by Crippen LogP contribution is 2.47. The number of furan rings is 1. The smallest absolute Gasteiger partial charge is 0.164 e. The number of hydrogen-bond donors (Lipinski definition) is 0.